The lowest BCUT2D eigenvalue weighted by Gasteiger charge is -2.23. The number of hydrogen-bond acceptors (Lipinski definition) is 5. The molecule has 7 heteroatoms. The minimum absolute atomic E-state index is 0.312. The highest BCUT2D eigenvalue weighted by molar-refractivity contribution is 5.95. The van der Waals surface area contributed by atoms with Gasteiger partial charge >= 0.3 is 12.1 Å². The standard InChI is InChI=1S/C16H21N3O4/c1-6-22-13(20)10-7-8-11-12(9-10)18-14(17-11)19(5)15(21)23-16(2,3)4/h7-9H,6H2,1-5H3,(H,17,18). The van der Waals surface area contributed by atoms with E-state index in [2.05, 4.69) is 9.97 Å². The van der Waals surface area contributed by atoms with E-state index in [1.54, 1.807) is 52.9 Å². The SMILES string of the molecule is CCOC(=O)c1ccc2nc(N(C)C(=O)OC(C)(C)C)[nH]c2c1. The lowest BCUT2D eigenvalue weighted by molar-refractivity contribution is 0.0525. The van der Waals surface area contributed by atoms with E-state index in [-0.39, 0.29) is 0 Å². The van der Waals surface area contributed by atoms with Crippen LogP contribution in [-0.4, -0.2) is 41.3 Å². The van der Waals surface area contributed by atoms with Gasteiger partial charge < -0.3 is 14.5 Å². The molecule has 1 aromatic heterocycles. The van der Waals surface area contributed by atoms with Crippen LogP contribution in [0, 0.1) is 0 Å². The first kappa shape index (κ1) is 16.8. The fourth-order valence-corrected chi connectivity index (χ4v) is 1.91. The van der Waals surface area contributed by atoms with Crippen molar-refractivity contribution in [2.24, 2.45) is 0 Å². The number of benzene rings is 1. The van der Waals surface area contributed by atoms with Gasteiger partial charge in [-0.3, -0.25) is 4.90 Å². The fourth-order valence-electron chi connectivity index (χ4n) is 1.91. The Hall–Kier alpha value is -2.57. The van der Waals surface area contributed by atoms with Gasteiger partial charge in [-0.1, -0.05) is 0 Å². The number of anilines is 1. The predicted molar refractivity (Wildman–Crippen MR) is 86.7 cm³/mol. The Morgan fingerprint density at radius 3 is 2.61 bits per heavy atom. The maximum absolute atomic E-state index is 12.1. The summed E-state index contributed by atoms with van der Waals surface area (Å²) in [7, 11) is 1.57. The summed E-state index contributed by atoms with van der Waals surface area (Å²) in [6.07, 6.45) is -0.512. The average Bonchev–Trinajstić information content (AvgIpc) is 2.87. The summed E-state index contributed by atoms with van der Waals surface area (Å²) in [5.41, 5.74) is 1.12. The first-order valence-electron chi connectivity index (χ1n) is 7.35. The zero-order valence-corrected chi connectivity index (χ0v) is 14.0. The van der Waals surface area contributed by atoms with Gasteiger partial charge in [0.05, 0.1) is 23.2 Å². The molecule has 0 fully saturated rings. The van der Waals surface area contributed by atoms with E-state index in [4.69, 9.17) is 9.47 Å². The van der Waals surface area contributed by atoms with Crippen molar-refractivity contribution in [1.82, 2.24) is 9.97 Å². The quantitative estimate of drug-likeness (QED) is 0.879. The molecule has 0 radical (unpaired) electrons. The van der Waals surface area contributed by atoms with Gasteiger partial charge in [0.1, 0.15) is 5.60 Å². The lowest BCUT2D eigenvalue weighted by atomic mass is 10.2. The van der Waals surface area contributed by atoms with E-state index in [0.717, 1.165) is 0 Å². The molecule has 1 aromatic carbocycles. The van der Waals surface area contributed by atoms with E-state index in [0.29, 0.717) is 29.2 Å². The van der Waals surface area contributed by atoms with Gasteiger partial charge in [0.2, 0.25) is 5.95 Å². The number of H-pyrrole nitrogens is 1. The van der Waals surface area contributed by atoms with Gasteiger partial charge in [-0.25, -0.2) is 14.6 Å². The van der Waals surface area contributed by atoms with Gasteiger partial charge in [-0.2, -0.15) is 0 Å². The summed E-state index contributed by atoms with van der Waals surface area (Å²) in [5, 5.41) is 0. The molecule has 1 heterocycles. The van der Waals surface area contributed by atoms with E-state index in [1.807, 2.05) is 0 Å². The highest BCUT2D eigenvalue weighted by atomic mass is 16.6. The van der Waals surface area contributed by atoms with Crippen molar-refractivity contribution in [3.8, 4) is 0 Å². The van der Waals surface area contributed by atoms with E-state index >= 15 is 0 Å². The third-order valence-electron chi connectivity index (χ3n) is 2.97. The molecule has 1 N–H and O–H groups in total. The molecule has 7 nitrogen and oxygen atoms in total. The second kappa shape index (κ2) is 6.28. The molecule has 0 aliphatic rings. The molecule has 0 unspecified atom stereocenters. The highest BCUT2D eigenvalue weighted by Gasteiger charge is 2.22. The largest absolute Gasteiger partial charge is 0.462 e. The zero-order valence-electron chi connectivity index (χ0n) is 14.0. The Balaban J connectivity index is 2.26. The van der Waals surface area contributed by atoms with Crippen LogP contribution in [0.15, 0.2) is 18.2 Å². The van der Waals surface area contributed by atoms with Gasteiger partial charge in [-0.05, 0) is 45.9 Å². The van der Waals surface area contributed by atoms with Crippen LogP contribution < -0.4 is 4.90 Å². The minimum atomic E-state index is -0.589. The minimum Gasteiger partial charge on any atom is -0.462 e. The van der Waals surface area contributed by atoms with Crippen molar-refractivity contribution in [3.05, 3.63) is 23.8 Å². The highest BCUT2D eigenvalue weighted by Crippen LogP contribution is 2.20. The number of rotatable bonds is 3. The third kappa shape index (κ3) is 4.00. The average molecular weight is 319 g/mol. The number of esters is 1. The van der Waals surface area contributed by atoms with Crippen LogP contribution in [0.1, 0.15) is 38.1 Å². The van der Waals surface area contributed by atoms with E-state index in [9.17, 15) is 9.59 Å². The summed E-state index contributed by atoms with van der Waals surface area (Å²) in [4.78, 5) is 32.4. The maximum Gasteiger partial charge on any atom is 0.416 e. The summed E-state index contributed by atoms with van der Waals surface area (Å²) in [5.74, 6) is -0.0543. The fraction of sp³-hybridized carbons (Fsp3) is 0.438. The molecule has 2 rings (SSSR count). The molecule has 0 spiro atoms. The molecule has 0 atom stereocenters. The van der Waals surface area contributed by atoms with Crippen molar-refractivity contribution < 1.29 is 19.1 Å². The number of hydrogen-bond donors (Lipinski definition) is 1. The summed E-state index contributed by atoms with van der Waals surface area (Å²) in [6, 6.07) is 4.98. The number of amides is 1. The van der Waals surface area contributed by atoms with Crippen LogP contribution >= 0.6 is 0 Å². The Labute approximate surface area is 134 Å². The van der Waals surface area contributed by atoms with Gasteiger partial charge in [0.15, 0.2) is 0 Å². The molecule has 1 amide bonds. The van der Waals surface area contributed by atoms with Crippen molar-refractivity contribution in [3.63, 3.8) is 0 Å². The summed E-state index contributed by atoms with van der Waals surface area (Å²) in [6.45, 7) is 7.45. The number of aromatic amines is 1. The monoisotopic (exact) mass is 319 g/mol. The van der Waals surface area contributed by atoms with Crippen LogP contribution in [0.5, 0.6) is 0 Å². The molecular weight excluding hydrogens is 298 g/mol. The second-order valence-corrected chi connectivity index (χ2v) is 6.05. The Morgan fingerprint density at radius 1 is 1.30 bits per heavy atom. The van der Waals surface area contributed by atoms with Crippen molar-refractivity contribution in [2.45, 2.75) is 33.3 Å². The molecule has 124 valence electrons. The van der Waals surface area contributed by atoms with Gasteiger partial charge in [0.25, 0.3) is 0 Å². The number of nitrogens with zero attached hydrogens (tertiary/aromatic N) is 2. The molecular formula is C16H21N3O4. The number of fused-ring (bicyclic) bond motifs is 1. The number of aromatic nitrogens is 2. The molecule has 0 saturated heterocycles. The number of nitrogens with one attached hydrogen (secondary N) is 1. The van der Waals surface area contributed by atoms with Gasteiger partial charge in [0, 0.05) is 7.05 Å². The van der Waals surface area contributed by atoms with Gasteiger partial charge in [-0.15, -0.1) is 0 Å². The smallest absolute Gasteiger partial charge is 0.416 e. The van der Waals surface area contributed by atoms with Crippen LogP contribution in [-0.2, 0) is 9.47 Å². The molecule has 23 heavy (non-hydrogen) atoms. The molecule has 0 saturated carbocycles. The first-order valence-corrected chi connectivity index (χ1v) is 7.35. The van der Waals surface area contributed by atoms with E-state index < -0.39 is 17.7 Å². The normalized spacial score (nSPS) is 11.3. The predicted octanol–water partition coefficient (Wildman–Crippen LogP) is 3.11. The number of carbonyl (C=O) groups excluding carboxylic acids is 2. The summed E-state index contributed by atoms with van der Waals surface area (Å²) < 4.78 is 10.3. The van der Waals surface area contributed by atoms with Crippen molar-refractivity contribution >= 4 is 29.0 Å². The molecule has 0 aliphatic carbocycles. The second-order valence-electron chi connectivity index (χ2n) is 6.05. The molecule has 2 aromatic rings. The zero-order chi connectivity index (χ0) is 17.2. The van der Waals surface area contributed by atoms with E-state index in [1.165, 1.54) is 4.90 Å². The topological polar surface area (TPSA) is 84.5 Å². The summed E-state index contributed by atoms with van der Waals surface area (Å²) >= 11 is 0. The molecule has 0 aliphatic heterocycles. The van der Waals surface area contributed by atoms with Crippen LogP contribution in [0.25, 0.3) is 11.0 Å². The maximum atomic E-state index is 12.1. The van der Waals surface area contributed by atoms with Crippen LogP contribution in [0.3, 0.4) is 0 Å². The van der Waals surface area contributed by atoms with Crippen molar-refractivity contribution in [1.29, 1.82) is 0 Å². The lowest BCUT2D eigenvalue weighted by Crippen LogP contribution is -2.34. The Kier molecular flexibility index (Phi) is 4.58. The first-order chi connectivity index (χ1) is 10.7. The van der Waals surface area contributed by atoms with Crippen LogP contribution in [0.4, 0.5) is 10.7 Å². The third-order valence-corrected chi connectivity index (χ3v) is 2.97. The number of ether oxygens (including phenoxy) is 2. The van der Waals surface area contributed by atoms with Crippen LogP contribution in [0.2, 0.25) is 0 Å². The Bertz CT molecular complexity index is 730. The Morgan fingerprint density at radius 2 is 2.00 bits per heavy atom. The number of carbonyl (C=O) groups is 2. The number of imidazole rings is 1. The molecule has 0 bridgehead atoms. The van der Waals surface area contributed by atoms with Crippen molar-refractivity contribution in [2.75, 3.05) is 18.6 Å².